The van der Waals surface area contributed by atoms with Gasteiger partial charge < -0.3 is 15.4 Å². The minimum atomic E-state index is 0.111. The molecule has 5 nitrogen and oxygen atoms in total. The zero-order chi connectivity index (χ0) is 12.3. The van der Waals surface area contributed by atoms with Crippen molar-refractivity contribution in [3.8, 4) is 0 Å². The van der Waals surface area contributed by atoms with Crippen LogP contribution in [0.15, 0.2) is 0 Å². The third kappa shape index (κ3) is 2.97. The van der Waals surface area contributed by atoms with Crippen molar-refractivity contribution in [3.05, 3.63) is 0 Å². The zero-order valence-electron chi connectivity index (χ0n) is 10.6. The lowest BCUT2D eigenvalue weighted by molar-refractivity contribution is -0.136. The second kappa shape index (κ2) is 5.80. The van der Waals surface area contributed by atoms with Gasteiger partial charge in [0.2, 0.25) is 5.91 Å². The topological polar surface area (TPSA) is 58.8 Å². The van der Waals surface area contributed by atoms with E-state index in [4.69, 9.17) is 10.5 Å². The first-order valence-corrected chi connectivity index (χ1v) is 6.50. The summed E-state index contributed by atoms with van der Waals surface area (Å²) in [5, 5.41) is 0. The SMILES string of the molecule is CN1C2CCC1CN(C(=O)COCCN)CC2. The van der Waals surface area contributed by atoms with Gasteiger partial charge in [0, 0.05) is 31.7 Å². The Morgan fingerprint density at radius 3 is 2.88 bits per heavy atom. The summed E-state index contributed by atoms with van der Waals surface area (Å²) in [6.45, 7) is 2.85. The third-order valence-corrected chi connectivity index (χ3v) is 3.99. The lowest BCUT2D eigenvalue weighted by Crippen LogP contribution is -2.41. The van der Waals surface area contributed by atoms with Crippen LogP contribution >= 0.6 is 0 Å². The number of hydrogen-bond acceptors (Lipinski definition) is 4. The molecule has 2 bridgehead atoms. The van der Waals surface area contributed by atoms with Crippen molar-refractivity contribution in [1.82, 2.24) is 9.80 Å². The molecule has 2 saturated heterocycles. The van der Waals surface area contributed by atoms with Gasteiger partial charge in [0.15, 0.2) is 0 Å². The van der Waals surface area contributed by atoms with Crippen LogP contribution in [0.5, 0.6) is 0 Å². The average Bonchev–Trinajstić information content (AvgIpc) is 2.53. The van der Waals surface area contributed by atoms with Gasteiger partial charge in [0.25, 0.3) is 0 Å². The number of likely N-dealkylation sites (N-methyl/N-ethyl adjacent to an activating group) is 1. The van der Waals surface area contributed by atoms with E-state index in [1.54, 1.807) is 0 Å². The maximum Gasteiger partial charge on any atom is 0.248 e. The summed E-state index contributed by atoms with van der Waals surface area (Å²) in [5.41, 5.74) is 5.33. The number of nitrogens with two attached hydrogens (primary N) is 1. The van der Waals surface area contributed by atoms with E-state index in [9.17, 15) is 4.79 Å². The van der Waals surface area contributed by atoms with Crippen molar-refractivity contribution in [2.45, 2.75) is 31.3 Å². The average molecular weight is 241 g/mol. The van der Waals surface area contributed by atoms with E-state index in [1.807, 2.05) is 4.90 Å². The van der Waals surface area contributed by atoms with Crippen molar-refractivity contribution in [1.29, 1.82) is 0 Å². The van der Waals surface area contributed by atoms with Crippen molar-refractivity contribution in [2.24, 2.45) is 5.73 Å². The highest BCUT2D eigenvalue weighted by Crippen LogP contribution is 2.28. The largest absolute Gasteiger partial charge is 0.370 e. The monoisotopic (exact) mass is 241 g/mol. The number of likely N-dealkylation sites (tertiary alicyclic amines) is 1. The fourth-order valence-corrected chi connectivity index (χ4v) is 2.87. The Morgan fingerprint density at radius 2 is 2.12 bits per heavy atom. The molecule has 2 aliphatic heterocycles. The smallest absolute Gasteiger partial charge is 0.248 e. The Bertz CT molecular complexity index is 272. The molecule has 0 radical (unpaired) electrons. The number of ether oxygens (including phenoxy) is 1. The molecule has 0 aromatic heterocycles. The third-order valence-electron chi connectivity index (χ3n) is 3.99. The molecule has 2 unspecified atom stereocenters. The predicted octanol–water partition coefficient (Wildman–Crippen LogP) is -0.343. The van der Waals surface area contributed by atoms with E-state index in [2.05, 4.69) is 11.9 Å². The van der Waals surface area contributed by atoms with Crippen LogP contribution in [0.2, 0.25) is 0 Å². The van der Waals surface area contributed by atoms with E-state index >= 15 is 0 Å². The fourth-order valence-electron chi connectivity index (χ4n) is 2.87. The van der Waals surface area contributed by atoms with Gasteiger partial charge in [-0.05, 0) is 26.3 Å². The van der Waals surface area contributed by atoms with Crippen LogP contribution in [-0.2, 0) is 9.53 Å². The number of carbonyl (C=O) groups is 1. The normalized spacial score (nSPS) is 29.4. The maximum absolute atomic E-state index is 12.0. The summed E-state index contributed by atoms with van der Waals surface area (Å²) in [5.74, 6) is 0.111. The van der Waals surface area contributed by atoms with Crippen LogP contribution in [0.3, 0.4) is 0 Å². The van der Waals surface area contributed by atoms with Crippen molar-refractivity contribution in [3.63, 3.8) is 0 Å². The van der Waals surface area contributed by atoms with E-state index in [0.29, 0.717) is 25.2 Å². The lowest BCUT2D eigenvalue weighted by Gasteiger charge is -2.25. The summed E-state index contributed by atoms with van der Waals surface area (Å²) in [4.78, 5) is 16.3. The van der Waals surface area contributed by atoms with Gasteiger partial charge in [-0.15, -0.1) is 0 Å². The van der Waals surface area contributed by atoms with E-state index in [1.165, 1.54) is 12.8 Å². The number of carbonyl (C=O) groups excluding carboxylic acids is 1. The van der Waals surface area contributed by atoms with Crippen molar-refractivity contribution >= 4 is 5.91 Å². The maximum atomic E-state index is 12.0. The first-order valence-electron chi connectivity index (χ1n) is 6.50. The zero-order valence-corrected chi connectivity index (χ0v) is 10.6. The molecule has 5 heteroatoms. The van der Waals surface area contributed by atoms with Gasteiger partial charge in [-0.1, -0.05) is 0 Å². The van der Waals surface area contributed by atoms with Gasteiger partial charge in [-0.3, -0.25) is 9.69 Å². The molecule has 2 fully saturated rings. The molecule has 2 N–H and O–H groups in total. The molecule has 2 aliphatic rings. The minimum Gasteiger partial charge on any atom is -0.370 e. The second-order valence-corrected chi connectivity index (χ2v) is 5.02. The van der Waals surface area contributed by atoms with Crippen LogP contribution in [-0.4, -0.2) is 67.7 Å². The molecule has 1 amide bonds. The first kappa shape index (κ1) is 12.8. The Balaban J connectivity index is 1.83. The Kier molecular flexibility index (Phi) is 4.36. The molecule has 2 atom stereocenters. The molecule has 2 rings (SSSR count). The van der Waals surface area contributed by atoms with Crippen LogP contribution in [0.1, 0.15) is 19.3 Å². The van der Waals surface area contributed by atoms with E-state index in [-0.39, 0.29) is 12.5 Å². The highest BCUT2D eigenvalue weighted by molar-refractivity contribution is 5.77. The number of hydrogen-bond donors (Lipinski definition) is 1. The second-order valence-electron chi connectivity index (χ2n) is 5.02. The Hall–Kier alpha value is -0.650. The number of nitrogens with zero attached hydrogens (tertiary/aromatic N) is 2. The lowest BCUT2D eigenvalue weighted by atomic mass is 10.1. The van der Waals surface area contributed by atoms with E-state index in [0.717, 1.165) is 19.5 Å². The van der Waals surface area contributed by atoms with Crippen LogP contribution in [0, 0.1) is 0 Å². The summed E-state index contributed by atoms with van der Waals surface area (Å²) < 4.78 is 5.22. The molecule has 98 valence electrons. The van der Waals surface area contributed by atoms with Crippen molar-refractivity contribution < 1.29 is 9.53 Å². The molecular weight excluding hydrogens is 218 g/mol. The Morgan fingerprint density at radius 1 is 1.35 bits per heavy atom. The van der Waals surface area contributed by atoms with Gasteiger partial charge in [0.05, 0.1) is 6.61 Å². The summed E-state index contributed by atoms with van der Waals surface area (Å²) >= 11 is 0. The highest BCUT2D eigenvalue weighted by atomic mass is 16.5. The number of rotatable bonds is 4. The van der Waals surface area contributed by atoms with Gasteiger partial charge in [-0.25, -0.2) is 0 Å². The first-order chi connectivity index (χ1) is 8.22. The molecule has 0 spiro atoms. The predicted molar refractivity (Wildman–Crippen MR) is 65.6 cm³/mol. The molecular formula is C12H23N3O2. The minimum absolute atomic E-state index is 0.111. The molecule has 17 heavy (non-hydrogen) atoms. The molecule has 0 aromatic carbocycles. The van der Waals surface area contributed by atoms with Gasteiger partial charge in [-0.2, -0.15) is 0 Å². The summed E-state index contributed by atoms with van der Waals surface area (Å²) in [6.07, 6.45) is 3.59. The summed E-state index contributed by atoms with van der Waals surface area (Å²) in [7, 11) is 2.18. The Labute approximate surface area is 103 Å². The summed E-state index contributed by atoms with van der Waals surface area (Å²) in [6, 6.07) is 1.21. The van der Waals surface area contributed by atoms with Crippen LogP contribution < -0.4 is 5.73 Å². The van der Waals surface area contributed by atoms with Gasteiger partial charge >= 0.3 is 0 Å². The molecule has 2 heterocycles. The van der Waals surface area contributed by atoms with E-state index < -0.39 is 0 Å². The molecule has 0 saturated carbocycles. The van der Waals surface area contributed by atoms with Crippen LogP contribution in [0.4, 0.5) is 0 Å². The van der Waals surface area contributed by atoms with Gasteiger partial charge in [0.1, 0.15) is 6.61 Å². The molecule has 0 aliphatic carbocycles. The highest BCUT2D eigenvalue weighted by Gasteiger charge is 2.35. The van der Waals surface area contributed by atoms with Crippen LogP contribution in [0.25, 0.3) is 0 Å². The number of amides is 1. The standard InChI is InChI=1S/C12H23N3O2/c1-14-10-2-3-11(14)8-15(6-4-10)12(16)9-17-7-5-13/h10-11H,2-9,13H2,1H3. The molecule has 0 aromatic rings. The van der Waals surface area contributed by atoms with Crippen molar-refractivity contribution in [2.75, 3.05) is 39.9 Å². The fraction of sp³-hybridized carbons (Fsp3) is 0.917. The quantitative estimate of drug-likeness (QED) is 0.684. The number of fused-ring (bicyclic) bond motifs is 2.